The van der Waals surface area contributed by atoms with Gasteiger partial charge in [0.2, 0.25) is 11.8 Å². The summed E-state index contributed by atoms with van der Waals surface area (Å²) in [6.45, 7) is 2.24. The smallest absolute Gasteiger partial charge is 0.255 e. The third kappa shape index (κ3) is 3.69. The number of hydrogen-bond acceptors (Lipinski definition) is 5. The van der Waals surface area contributed by atoms with E-state index in [0.29, 0.717) is 30.6 Å². The Kier molecular flexibility index (Phi) is 4.87. The Labute approximate surface area is 170 Å². The van der Waals surface area contributed by atoms with Crippen LogP contribution in [-0.4, -0.2) is 47.3 Å². The summed E-state index contributed by atoms with van der Waals surface area (Å²) in [4.78, 5) is 38.3. The van der Waals surface area contributed by atoms with Gasteiger partial charge in [-0.1, -0.05) is 12.1 Å². The average Bonchev–Trinajstić information content (AvgIpc) is 3.52. The van der Waals surface area contributed by atoms with E-state index in [1.165, 1.54) is 19.3 Å². The number of amides is 3. The minimum absolute atomic E-state index is 0.105. The highest BCUT2D eigenvalue weighted by Crippen LogP contribution is 2.36. The van der Waals surface area contributed by atoms with Crippen LogP contribution in [0, 0.1) is 5.92 Å². The SMILES string of the molecule is O=C1CCC(N2Cc3c(CNC4CCNC(C5CC5)C4)cccc3C2=O)C(=O)N1. The third-order valence-electron chi connectivity index (χ3n) is 6.89. The van der Waals surface area contributed by atoms with Crippen molar-refractivity contribution in [3.8, 4) is 0 Å². The highest BCUT2D eigenvalue weighted by atomic mass is 16.2. The van der Waals surface area contributed by atoms with Gasteiger partial charge in [-0.25, -0.2) is 0 Å². The van der Waals surface area contributed by atoms with Crippen LogP contribution in [-0.2, 0) is 22.7 Å². The van der Waals surface area contributed by atoms with Gasteiger partial charge in [-0.15, -0.1) is 0 Å². The summed E-state index contributed by atoms with van der Waals surface area (Å²) in [6, 6.07) is 6.44. The predicted octanol–water partition coefficient (Wildman–Crippen LogP) is 1.07. The number of nitrogens with zero attached hydrogens (tertiary/aromatic N) is 1. The first-order valence-electron chi connectivity index (χ1n) is 10.8. The first kappa shape index (κ1) is 18.8. The molecular formula is C22H28N4O3. The third-order valence-corrected chi connectivity index (χ3v) is 6.89. The molecule has 3 fully saturated rings. The quantitative estimate of drug-likeness (QED) is 0.648. The summed E-state index contributed by atoms with van der Waals surface area (Å²) in [6.07, 6.45) is 5.68. The maximum atomic E-state index is 12.9. The van der Waals surface area contributed by atoms with Crippen molar-refractivity contribution in [2.75, 3.05) is 6.54 Å². The highest BCUT2D eigenvalue weighted by Gasteiger charge is 2.40. The van der Waals surface area contributed by atoms with Crippen molar-refractivity contribution < 1.29 is 14.4 Å². The Morgan fingerprint density at radius 2 is 1.97 bits per heavy atom. The summed E-state index contributed by atoms with van der Waals surface area (Å²) in [5.74, 6) is 0.141. The molecule has 154 valence electrons. The minimum atomic E-state index is -0.558. The van der Waals surface area contributed by atoms with Crippen LogP contribution >= 0.6 is 0 Å². The second-order valence-corrected chi connectivity index (χ2v) is 8.84. The van der Waals surface area contributed by atoms with Gasteiger partial charge in [-0.05, 0) is 61.8 Å². The van der Waals surface area contributed by atoms with Crippen molar-refractivity contribution in [2.24, 2.45) is 5.92 Å². The topological polar surface area (TPSA) is 90.5 Å². The molecule has 3 N–H and O–H groups in total. The first-order valence-corrected chi connectivity index (χ1v) is 10.8. The summed E-state index contributed by atoms with van der Waals surface area (Å²) in [5, 5.41) is 9.73. The molecule has 1 aromatic rings. The molecule has 1 saturated carbocycles. The zero-order chi connectivity index (χ0) is 20.0. The molecule has 3 heterocycles. The second kappa shape index (κ2) is 7.54. The minimum Gasteiger partial charge on any atom is -0.322 e. The van der Waals surface area contributed by atoms with Crippen molar-refractivity contribution in [3.05, 3.63) is 34.9 Å². The Morgan fingerprint density at radius 3 is 2.76 bits per heavy atom. The van der Waals surface area contributed by atoms with E-state index in [1.54, 1.807) is 4.90 Å². The summed E-state index contributed by atoms with van der Waals surface area (Å²) in [7, 11) is 0. The maximum absolute atomic E-state index is 12.9. The fourth-order valence-corrected chi connectivity index (χ4v) is 5.06. The van der Waals surface area contributed by atoms with Gasteiger partial charge in [-0.2, -0.15) is 0 Å². The molecule has 7 nitrogen and oxygen atoms in total. The lowest BCUT2D eigenvalue weighted by Gasteiger charge is -2.31. The number of nitrogens with one attached hydrogen (secondary N) is 3. The van der Waals surface area contributed by atoms with Gasteiger partial charge in [0.1, 0.15) is 6.04 Å². The number of carbonyl (C=O) groups excluding carboxylic acids is 3. The Balaban J connectivity index is 1.27. The van der Waals surface area contributed by atoms with E-state index in [4.69, 9.17) is 0 Å². The molecule has 1 aliphatic carbocycles. The number of imide groups is 1. The van der Waals surface area contributed by atoms with Crippen molar-refractivity contribution in [2.45, 2.75) is 69.7 Å². The molecule has 5 rings (SSSR count). The molecule has 0 spiro atoms. The lowest BCUT2D eigenvalue weighted by atomic mass is 9.95. The van der Waals surface area contributed by atoms with E-state index in [2.05, 4.69) is 22.0 Å². The molecule has 3 unspecified atom stereocenters. The molecule has 3 atom stereocenters. The molecule has 0 radical (unpaired) electrons. The van der Waals surface area contributed by atoms with Crippen LogP contribution in [0.1, 0.15) is 60.0 Å². The Morgan fingerprint density at radius 1 is 1.10 bits per heavy atom. The Hall–Kier alpha value is -2.25. The average molecular weight is 396 g/mol. The van der Waals surface area contributed by atoms with Crippen LogP contribution in [0.2, 0.25) is 0 Å². The number of fused-ring (bicyclic) bond motifs is 1. The monoisotopic (exact) mass is 396 g/mol. The van der Waals surface area contributed by atoms with Crippen LogP contribution in [0.5, 0.6) is 0 Å². The van der Waals surface area contributed by atoms with Gasteiger partial charge in [0.25, 0.3) is 5.91 Å². The van der Waals surface area contributed by atoms with Gasteiger partial charge >= 0.3 is 0 Å². The molecule has 2 saturated heterocycles. The molecule has 1 aromatic carbocycles. The molecule has 3 aliphatic heterocycles. The molecule has 0 bridgehead atoms. The number of hydrogen-bond donors (Lipinski definition) is 3. The zero-order valence-corrected chi connectivity index (χ0v) is 16.6. The fraction of sp³-hybridized carbons (Fsp3) is 0.591. The summed E-state index contributed by atoms with van der Waals surface area (Å²) >= 11 is 0. The summed E-state index contributed by atoms with van der Waals surface area (Å²) < 4.78 is 0. The predicted molar refractivity (Wildman–Crippen MR) is 107 cm³/mol. The van der Waals surface area contributed by atoms with Crippen molar-refractivity contribution in [3.63, 3.8) is 0 Å². The van der Waals surface area contributed by atoms with E-state index >= 15 is 0 Å². The first-order chi connectivity index (χ1) is 14.1. The van der Waals surface area contributed by atoms with Crippen molar-refractivity contribution in [1.29, 1.82) is 0 Å². The molecule has 4 aliphatic rings. The molecule has 7 heteroatoms. The lowest BCUT2D eigenvalue weighted by Crippen LogP contribution is -2.52. The van der Waals surface area contributed by atoms with Crippen LogP contribution in [0.25, 0.3) is 0 Å². The van der Waals surface area contributed by atoms with Gasteiger partial charge in [-0.3, -0.25) is 19.7 Å². The second-order valence-electron chi connectivity index (χ2n) is 8.84. The normalized spacial score (nSPS) is 29.7. The number of rotatable bonds is 5. The molecular weight excluding hydrogens is 368 g/mol. The number of carbonyl (C=O) groups is 3. The summed E-state index contributed by atoms with van der Waals surface area (Å²) in [5.41, 5.74) is 2.84. The van der Waals surface area contributed by atoms with Crippen LogP contribution < -0.4 is 16.0 Å². The Bertz CT molecular complexity index is 850. The van der Waals surface area contributed by atoms with Crippen LogP contribution in [0.15, 0.2) is 18.2 Å². The lowest BCUT2D eigenvalue weighted by molar-refractivity contribution is -0.136. The highest BCUT2D eigenvalue weighted by molar-refractivity contribution is 6.05. The van der Waals surface area contributed by atoms with E-state index in [9.17, 15) is 14.4 Å². The largest absolute Gasteiger partial charge is 0.322 e. The standard InChI is InChI=1S/C22H28N4O3/c27-20-7-6-19(21(28)25-20)26-12-17-14(2-1-3-16(17)22(26)29)11-24-15-8-9-23-18(10-15)13-4-5-13/h1-3,13,15,18-19,23-24H,4-12H2,(H,25,27,28). The van der Waals surface area contributed by atoms with E-state index in [0.717, 1.165) is 36.6 Å². The van der Waals surface area contributed by atoms with Crippen molar-refractivity contribution >= 4 is 17.7 Å². The van der Waals surface area contributed by atoms with Crippen LogP contribution in [0.3, 0.4) is 0 Å². The van der Waals surface area contributed by atoms with Crippen molar-refractivity contribution in [1.82, 2.24) is 20.9 Å². The zero-order valence-electron chi connectivity index (χ0n) is 16.6. The molecule has 3 amide bonds. The van der Waals surface area contributed by atoms with E-state index < -0.39 is 6.04 Å². The van der Waals surface area contributed by atoms with Gasteiger partial charge < -0.3 is 15.5 Å². The molecule has 29 heavy (non-hydrogen) atoms. The molecule has 0 aromatic heterocycles. The van der Waals surface area contributed by atoms with Gasteiger partial charge in [0, 0.05) is 37.2 Å². The van der Waals surface area contributed by atoms with Gasteiger partial charge in [0.15, 0.2) is 0 Å². The van der Waals surface area contributed by atoms with Gasteiger partial charge in [0.05, 0.1) is 0 Å². The number of benzene rings is 1. The fourth-order valence-electron chi connectivity index (χ4n) is 5.06. The van der Waals surface area contributed by atoms with E-state index in [-0.39, 0.29) is 24.1 Å². The maximum Gasteiger partial charge on any atom is 0.255 e. The van der Waals surface area contributed by atoms with Crippen LogP contribution in [0.4, 0.5) is 0 Å². The number of piperidine rings is 2. The van der Waals surface area contributed by atoms with E-state index in [1.807, 2.05) is 12.1 Å².